The van der Waals surface area contributed by atoms with Gasteiger partial charge in [-0.25, -0.2) is 4.79 Å². The number of carbonyl (C=O) groups is 1. The first-order valence-corrected chi connectivity index (χ1v) is 7.35. The molecule has 3 nitrogen and oxygen atoms in total. The van der Waals surface area contributed by atoms with Crippen molar-refractivity contribution in [1.29, 1.82) is 0 Å². The van der Waals surface area contributed by atoms with Gasteiger partial charge in [-0.3, -0.25) is 0 Å². The molecule has 1 aliphatic rings. The van der Waals surface area contributed by atoms with Crippen LogP contribution in [-0.4, -0.2) is 18.6 Å². The Labute approximate surface area is 121 Å². The summed E-state index contributed by atoms with van der Waals surface area (Å²) < 4.78 is 5.16. The molecule has 0 saturated heterocycles. The molecule has 0 heterocycles. The second kappa shape index (κ2) is 7.13. The molecule has 0 aliphatic heterocycles. The molecule has 1 aromatic carbocycles. The van der Waals surface area contributed by atoms with Gasteiger partial charge in [0, 0.05) is 12.2 Å². The van der Waals surface area contributed by atoms with Crippen LogP contribution in [0.2, 0.25) is 0 Å². The van der Waals surface area contributed by atoms with Crippen molar-refractivity contribution in [3.63, 3.8) is 0 Å². The summed E-state index contributed by atoms with van der Waals surface area (Å²) in [6.07, 6.45) is 8.03. The van der Waals surface area contributed by atoms with Gasteiger partial charge in [0.1, 0.15) is 0 Å². The van der Waals surface area contributed by atoms with Crippen molar-refractivity contribution in [2.75, 3.05) is 11.9 Å². The zero-order chi connectivity index (χ0) is 14.4. The van der Waals surface area contributed by atoms with E-state index in [1.807, 2.05) is 38.1 Å². The molecule has 0 saturated carbocycles. The smallest absolute Gasteiger partial charge is 0.338 e. The van der Waals surface area contributed by atoms with Crippen LogP contribution in [0.1, 0.15) is 43.5 Å². The Bertz CT molecular complexity index is 462. The highest BCUT2D eigenvalue weighted by Gasteiger charge is 2.11. The molecule has 108 valence electrons. The quantitative estimate of drug-likeness (QED) is 0.650. The highest BCUT2D eigenvalue weighted by molar-refractivity contribution is 5.89. The maximum absolute atomic E-state index is 11.7. The van der Waals surface area contributed by atoms with Gasteiger partial charge >= 0.3 is 5.97 Å². The number of esters is 1. The molecular formula is C17H23NO2. The number of rotatable bonds is 5. The van der Waals surface area contributed by atoms with E-state index < -0.39 is 0 Å². The predicted molar refractivity (Wildman–Crippen MR) is 82.0 cm³/mol. The van der Waals surface area contributed by atoms with E-state index in [4.69, 9.17) is 4.74 Å². The number of hydrogen-bond donors (Lipinski definition) is 1. The standard InChI is InChI=1S/C17H23NO2/c1-13(2)20-17(19)15-8-10-16(11-9-15)18-12-14-6-4-3-5-7-14/h3-4,8-11,13-14,18H,5-7,12H2,1-2H3. The minimum atomic E-state index is -0.260. The highest BCUT2D eigenvalue weighted by Crippen LogP contribution is 2.19. The molecular weight excluding hydrogens is 250 g/mol. The second-order valence-corrected chi connectivity index (χ2v) is 5.56. The fraction of sp³-hybridized carbons (Fsp3) is 0.471. The molecule has 20 heavy (non-hydrogen) atoms. The van der Waals surface area contributed by atoms with Gasteiger partial charge in [-0.2, -0.15) is 0 Å². The fourth-order valence-corrected chi connectivity index (χ4v) is 2.31. The molecule has 0 aromatic heterocycles. The van der Waals surface area contributed by atoms with Crippen molar-refractivity contribution in [2.45, 2.75) is 39.2 Å². The minimum Gasteiger partial charge on any atom is -0.459 e. The van der Waals surface area contributed by atoms with E-state index in [1.54, 1.807) is 0 Å². The van der Waals surface area contributed by atoms with Crippen molar-refractivity contribution >= 4 is 11.7 Å². The number of allylic oxidation sites excluding steroid dienone is 2. The van der Waals surface area contributed by atoms with Crippen LogP contribution in [-0.2, 0) is 4.74 Å². The zero-order valence-electron chi connectivity index (χ0n) is 12.3. The van der Waals surface area contributed by atoms with E-state index in [2.05, 4.69) is 17.5 Å². The first-order valence-electron chi connectivity index (χ1n) is 7.35. The monoisotopic (exact) mass is 273 g/mol. The van der Waals surface area contributed by atoms with Crippen LogP contribution in [0, 0.1) is 5.92 Å². The largest absolute Gasteiger partial charge is 0.459 e. The lowest BCUT2D eigenvalue weighted by Gasteiger charge is -2.18. The Morgan fingerprint density at radius 1 is 1.30 bits per heavy atom. The Morgan fingerprint density at radius 3 is 2.65 bits per heavy atom. The molecule has 1 unspecified atom stereocenters. The summed E-state index contributed by atoms with van der Waals surface area (Å²) in [6, 6.07) is 7.51. The summed E-state index contributed by atoms with van der Waals surface area (Å²) in [5.74, 6) is 0.453. The van der Waals surface area contributed by atoms with Crippen molar-refractivity contribution in [1.82, 2.24) is 0 Å². The summed E-state index contributed by atoms with van der Waals surface area (Å²) in [5, 5.41) is 3.44. The number of carbonyl (C=O) groups excluding carboxylic acids is 1. The van der Waals surface area contributed by atoms with Crippen LogP contribution in [0.5, 0.6) is 0 Å². The van der Waals surface area contributed by atoms with Gasteiger partial charge in [-0.05, 0) is 63.3 Å². The lowest BCUT2D eigenvalue weighted by atomic mass is 9.94. The predicted octanol–water partition coefficient (Wildman–Crippen LogP) is 4.02. The number of hydrogen-bond acceptors (Lipinski definition) is 3. The van der Waals surface area contributed by atoms with Gasteiger partial charge < -0.3 is 10.1 Å². The van der Waals surface area contributed by atoms with Crippen molar-refractivity contribution in [3.05, 3.63) is 42.0 Å². The minimum absolute atomic E-state index is 0.0837. The molecule has 1 atom stereocenters. The molecule has 1 N–H and O–H groups in total. The van der Waals surface area contributed by atoms with Crippen LogP contribution in [0.3, 0.4) is 0 Å². The van der Waals surface area contributed by atoms with E-state index in [9.17, 15) is 4.79 Å². The number of anilines is 1. The molecule has 0 spiro atoms. The van der Waals surface area contributed by atoms with Gasteiger partial charge in [-0.1, -0.05) is 12.2 Å². The molecule has 1 aliphatic carbocycles. The molecule has 0 fully saturated rings. The summed E-state index contributed by atoms with van der Waals surface area (Å²) >= 11 is 0. The average Bonchev–Trinajstić information content (AvgIpc) is 2.46. The van der Waals surface area contributed by atoms with Gasteiger partial charge in [-0.15, -0.1) is 0 Å². The third-order valence-corrected chi connectivity index (χ3v) is 3.44. The molecule has 0 bridgehead atoms. The van der Waals surface area contributed by atoms with Crippen molar-refractivity contribution in [3.8, 4) is 0 Å². The number of benzene rings is 1. The van der Waals surface area contributed by atoms with E-state index in [0.717, 1.165) is 18.7 Å². The summed E-state index contributed by atoms with van der Waals surface area (Å²) in [6.45, 7) is 4.69. The summed E-state index contributed by atoms with van der Waals surface area (Å²) in [7, 11) is 0. The lowest BCUT2D eigenvalue weighted by Crippen LogP contribution is -2.15. The molecule has 2 rings (SSSR count). The maximum Gasteiger partial charge on any atom is 0.338 e. The fourth-order valence-electron chi connectivity index (χ4n) is 2.31. The maximum atomic E-state index is 11.7. The Morgan fingerprint density at radius 2 is 2.05 bits per heavy atom. The average molecular weight is 273 g/mol. The first kappa shape index (κ1) is 14.6. The Balaban J connectivity index is 1.84. The summed E-state index contributed by atoms with van der Waals surface area (Å²) in [5.41, 5.74) is 1.66. The van der Waals surface area contributed by atoms with Crippen LogP contribution in [0.4, 0.5) is 5.69 Å². The van der Waals surface area contributed by atoms with Crippen LogP contribution >= 0.6 is 0 Å². The normalized spacial score (nSPS) is 18.1. The van der Waals surface area contributed by atoms with E-state index >= 15 is 0 Å². The van der Waals surface area contributed by atoms with Crippen LogP contribution in [0.25, 0.3) is 0 Å². The lowest BCUT2D eigenvalue weighted by molar-refractivity contribution is 0.0378. The van der Waals surface area contributed by atoms with Crippen LogP contribution < -0.4 is 5.32 Å². The number of ether oxygens (including phenoxy) is 1. The molecule has 1 aromatic rings. The SMILES string of the molecule is CC(C)OC(=O)c1ccc(NCC2CC=CCC2)cc1. The topological polar surface area (TPSA) is 38.3 Å². The number of nitrogens with one attached hydrogen (secondary N) is 1. The summed E-state index contributed by atoms with van der Waals surface area (Å²) in [4.78, 5) is 11.7. The Hall–Kier alpha value is -1.77. The van der Waals surface area contributed by atoms with Crippen molar-refractivity contribution < 1.29 is 9.53 Å². The Kier molecular flexibility index (Phi) is 5.22. The molecule has 0 amide bonds. The van der Waals surface area contributed by atoms with E-state index in [0.29, 0.717) is 11.5 Å². The van der Waals surface area contributed by atoms with Gasteiger partial charge in [0.15, 0.2) is 0 Å². The van der Waals surface area contributed by atoms with Crippen LogP contribution in [0.15, 0.2) is 36.4 Å². The van der Waals surface area contributed by atoms with Gasteiger partial charge in [0.25, 0.3) is 0 Å². The van der Waals surface area contributed by atoms with Gasteiger partial charge in [0.05, 0.1) is 11.7 Å². The second-order valence-electron chi connectivity index (χ2n) is 5.56. The third kappa shape index (κ3) is 4.41. The van der Waals surface area contributed by atoms with Crippen molar-refractivity contribution in [2.24, 2.45) is 5.92 Å². The molecule has 0 radical (unpaired) electrons. The van der Waals surface area contributed by atoms with E-state index in [1.165, 1.54) is 12.8 Å². The molecule has 3 heteroatoms. The third-order valence-electron chi connectivity index (χ3n) is 3.44. The van der Waals surface area contributed by atoms with E-state index in [-0.39, 0.29) is 12.1 Å². The zero-order valence-corrected chi connectivity index (χ0v) is 12.3. The van der Waals surface area contributed by atoms with Gasteiger partial charge in [0.2, 0.25) is 0 Å². The highest BCUT2D eigenvalue weighted by atomic mass is 16.5. The first-order chi connectivity index (χ1) is 9.65.